The number of nitrogens with one attached hydrogen (secondary N) is 2. The van der Waals surface area contributed by atoms with E-state index >= 15 is 0 Å². The second-order valence-corrected chi connectivity index (χ2v) is 4.60. The molecule has 1 atom stereocenters. The van der Waals surface area contributed by atoms with Gasteiger partial charge in [-0.1, -0.05) is 6.42 Å². The van der Waals surface area contributed by atoms with Crippen LogP contribution in [0.4, 0.5) is 10.2 Å². The van der Waals surface area contributed by atoms with Crippen LogP contribution in [-0.2, 0) is 4.79 Å². The molecule has 0 aromatic carbocycles. The van der Waals surface area contributed by atoms with E-state index in [1.807, 2.05) is 0 Å². The highest BCUT2D eigenvalue weighted by atomic mass is 19.1. The molecule has 1 aliphatic rings. The molecule has 98 valence electrons. The molecule has 1 amide bonds. The smallest absolute Gasteiger partial charge is 0.225 e. The maximum absolute atomic E-state index is 12.6. The Morgan fingerprint density at radius 2 is 2.39 bits per heavy atom. The highest BCUT2D eigenvalue weighted by Crippen LogP contribution is 2.12. The molecule has 1 aliphatic heterocycles. The molecule has 0 spiro atoms. The van der Waals surface area contributed by atoms with Crippen molar-refractivity contribution in [1.29, 1.82) is 0 Å². The minimum absolute atomic E-state index is 0.0681. The van der Waals surface area contributed by atoms with Gasteiger partial charge < -0.3 is 10.6 Å². The quantitative estimate of drug-likeness (QED) is 0.861. The zero-order chi connectivity index (χ0) is 12.8. The average Bonchev–Trinajstić information content (AvgIpc) is 2.40. The molecular formula is C13H18FN3O. The number of hydrogen-bond acceptors (Lipinski definition) is 3. The van der Waals surface area contributed by atoms with Crippen LogP contribution in [0.5, 0.6) is 0 Å². The minimum Gasteiger partial charge on any atom is -0.314 e. The lowest BCUT2D eigenvalue weighted by molar-refractivity contribution is -0.116. The third-order valence-electron chi connectivity index (χ3n) is 3.13. The fraction of sp³-hybridized carbons (Fsp3) is 0.538. The summed E-state index contributed by atoms with van der Waals surface area (Å²) in [5.74, 6) is -0.0705. The molecule has 0 bridgehead atoms. The van der Waals surface area contributed by atoms with E-state index in [1.54, 1.807) is 0 Å². The monoisotopic (exact) mass is 251 g/mol. The van der Waals surface area contributed by atoms with Crippen LogP contribution in [0.3, 0.4) is 0 Å². The summed E-state index contributed by atoms with van der Waals surface area (Å²) >= 11 is 0. The summed E-state index contributed by atoms with van der Waals surface area (Å²) in [7, 11) is 0. The van der Waals surface area contributed by atoms with Crippen molar-refractivity contribution in [1.82, 2.24) is 10.3 Å². The number of aromatic nitrogens is 1. The Morgan fingerprint density at radius 1 is 1.50 bits per heavy atom. The summed E-state index contributed by atoms with van der Waals surface area (Å²) in [6.45, 7) is 1.05. The summed E-state index contributed by atoms with van der Waals surface area (Å²) in [4.78, 5) is 15.5. The Balaban J connectivity index is 1.73. The van der Waals surface area contributed by atoms with Crippen molar-refractivity contribution in [3.63, 3.8) is 0 Å². The summed E-state index contributed by atoms with van der Waals surface area (Å²) in [6.07, 6.45) is 6.01. The average molecular weight is 251 g/mol. The van der Waals surface area contributed by atoms with Crippen molar-refractivity contribution < 1.29 is 9.18 Å². The van der Waals surface area contributed by atoms with E-state index in [-0.39, 0.29) is 5.91 Å². The van der Waals surface area contributed by atoms with Crippen LogP contribution in [0.2, 0.25) is 0 Å². The second kappa shape index (κ2) is 6.44. The third kappa shape index (κ3) is 4.07. The van der Waals surface area contributed by atoms with Crippen LogP contribution >= 0.6 is 0 Å². The first-order chi connectivity index (χ1) is 8.74. The molecule has 1 fully saturated rings. The Bertz CT molecular complexity index is 388. The largest absolute Gasteiger partial charge is 0.314 e. The fourth-order valence-electron chi connectivity index (χ4n) is 2.13. The molecular weight excluding hydrogens is 233 g/mol. The van der Waals surface area contributed by atoms with Crippen molar-refractivity contribution >= 4 is 11.7 Å². The molecule has 0 radical (unpaired) electrons. The van der Waals surface area contributed by atoms with Gasteiger partial charge in [0.15, 0.2) is 0 Å². The van der Waals surface area contributed by atoms with Gasteiger partial charge in [-0.25, -0.2) is 9.37 Å². The van der Waals surface area contributed by atoms with E-state index in [9.17, 15) is 9.18 Å². The Labute approximate surface area is 106 Å². The summed E-state index contributed by atoms with van der Waals surface area (Å²) in [6, 6.07) is 3.20. The van der Waals surface area contributed by atoms with E-state index in [2.05, 4.69) is 15.6 Å². The first-order valence-corrected chi connectivity index (χ1v) is 6.39. The standard InChI is InChI=1S/C13H18FN3O/c14-10-4-6-12(16-9-10)17-13(18)7-5-11-3-1-2-8-15-11/h4,6,9,11,15H,1-3,5,7-8H2,(H,16,17,18). The van der Waals surface area contributed by atoms with Crippen molar-refractivity contribution in [3.8, 4) is 0 Å². The lowest BCUT2D eigenvalue weighted by atomic mass is 10.0. The maximum Gasteiger partial charge on any atom is 0.225 e. The van der Waals surface area contributed by atoms with Crippen LogP contribution in [0, 0.1) is 5.82 Å². The number of rotatable bonds is 4. The number of halogens is 1. The van der Waals surface area contributed by atoms with E-state index in [1.165, 1.54) is 25.0 Å². The normalized spacial score (nSPS) is 19.5. The number of piperidine rings is 1. The zero-order valence-corrected chi connectivity index (χ0v) is 10.3. The van der Waals surface area contributed by atoms with Gasteiger partial charge in [0.25, 0.3) is 0 Å². The fourth-order valence-corrected chi connectivity index (χ4v) is 2.13. The van der Waals surface area contributed by atoms with Crippen LogP contribution in [0.25, 0.3) is 0 Å². The first kappa shape index (κ1) is 13.0. The molecule has 18 heavy (non-hydrogen) atoms. The molecule has 5 heteroatoms. The van der Waals surface area contributed by atoms with Gasteiger partial charge >= 0.3 is 0 Å². The van der Waals surface area contributed by atoms with Gasteiger partial charge in [0.2, 0.25) is 5.91 Å². The molecule has 0 saturated carbocycles. The van der Waals surface area contributed by atoms with Crippen molar-refractivity contribution in [2.75, 3.05) is 11.9 Å². The third-order valence-corrected chi connectivity index (χ3v) is 3.13. The first-order valence-electron chi connectivity index (χ1n) is 6.39. The lowest BCUT2D eigenvalue weighted by Gasteiger charge is -2.22. The predicted octanol–water partition coefficient (Wildman–Crippen LogP) is 2.08. The van der Waals surface area contributed by atoms with Crippen LogP contribution < -0.4 is 10.6 Å². The molecule has 1 aromatic heterocycles. The van der Waals surface area contributed by atoms with E-state index < -0.39 is 5.82 Å². The van der Waals surface area contributed by atoms with Crippen LogP contribution in [-0.4, -0.2) is 23.5 Å². The number of pyridine rings is 1. The predicted molar refractivity (Wildman–Crippen MR) is 67.7 cm³/mol. The number of hydrogen-bond donors (Lipinski definition) is 2. The minimum atomic E-state index is -0.403. The van der Waals surface area contributed by atoms with E-state index in [4.69, 9.17) is 0 Å². The van der Waals surface area contributed by atoms with Gasteiger partial charge in [-0.05, 0) is 37.9 Å². The topological polar surface area (TPSA) is 54.0 Å². The van der Waals surface area contributed by atoms with E-state index in [0.29, 0.717) is 18.3 Å². The Hall–Kier alpha value is -1.49. The molecule has 2 rings (SSSR count). The number of nitrogens with zero attached hydrogens (tertiary/aromatic N) is 1. The highest BCUT2D eigenvalue weighted by molar-refractivity contribution is 5.89. The van der Waals surface area contributed by atoms with Crippen molar-refractivity contribution in [2.45, 2.75) is 38.1 Å². The number of anilines is 1. The van der Waals surface area contributed by atoms with Crippen LogP contribution in [0.15, 0.2) is 18.3 Å². The van der Waals surface area contributed by atoms with Gasteiger partial charge in [0.05, 0.1) is 6.20 Å². The van der Waals surface area contributed by atoms with Crippen molar-refractivity contribution in [3.05, 3.63) is 24.1 Å². The van der Waals surface area contributed by atoms with Gasteiger partial charge in [-0.15, -0.1) is 0 Å². The Morgan fingerprint density at radius 3 is 3.06 bits per heavy atom. The van der Waals surface area contributed by atoms with Gasteiger partial charge in [-0.2, -0.15) is 0 Å². The molecule has 1 unspecified atom stereocenters. The second-order valence-electron chi connectivity index (χ2n) is 4.60. The summed E-state index contributed by atoms with van der Waals surface area (Å²) in [5, 5.41) is 6.06. The Kier molecular flexibility index (Phi) is 4.64. The SMILES string of the molecule is O=C(CCC1CCCCN1)Nc1ccc(F)cn1. The van der Waals surface area contributed by atoms with E-state index in [0.717, 1.165) is 25.6 Å². The lowest BCUT2D eigenvalue weighted by Crippen LogP contribution is -2.34. The molecule has 4 nitrogen and oxygen atoms in total. The molecule has 1 saturated heterocycles. The number of amides is 1. The van der Waals surface area contributed by atoms with Gasteiger partial charge in [0.1, 0.15) is 11.6 Å². The van der Waals surface area contributed by atoms with Gasteiger partial charge in [0, 0.05) is 12.5 Å². The zero-order valence-electron chi connectivity index (χ0n) is 10.3. The molecule has 0 aliphatic carbocycles. The number of carbonyl (C=O) groups is 1. The summed E-state index contributed by atoms with van der Waals surface area (Å²) in [5.41, 5.74) is 0. The molecule has 1 aromatic rings. The molecule has 2 N–H and O–H groups in total. The van der Waals surface area contributed by atoms with Gasteiger partial charge in [-0.3, -0.25) is 4.79 Å². The highest BCUT2D eigenvalue weighted by Gasteiger charge is 2.14. The summed E-state index contributed by atoms with van der Waals surface area (Å²) < 4.78 is 12.6. The maximum atomic E-state index is 12.6. The number of carbonyl (C=O) groups excluding carboxylic acids is 1. The van der Waals surface area contributed by atoms with Crippen molar-refractivity contribution in [2.24, 2.45) is 0 Å². The van der Waals surface area contributed by atoms with Crippen LogP contribution in [0.1, 0.15) is 32.1 Å². The molecule has 2 heterocycles.